The molecule has 0 radical (unpaired) electrons. The van der Waals surface area contributed by atoms with E-state index in [0.29, 0.717) is 0 Å². The van der Waals surface area contributed by atoms with Crippen LogP contribution in [-0.4, -0.2) is 20.5 Å². The average molecular weight is 310 g/mol. The van der Waals surface area contributed by atoms with Gasteiger partial charge in [-0.2, -0.15) is 0 Å². The summed E-state index contributed by atoms with van der Waals surface area (Å²) in [6.07, 6.45) is 5.15. The SMILES string of the molecule is C#CCNC(=O)c1c(Br)cccc1[Si](C)(C)C. The van der Waals surface area contributed by atoms with E-state index < -0.39 is 8.07 Å². The Morgan fingerprint density at radius 3 is 2.65 bits per heavy atom. The van der Waals surface area contributed by atoms with E-state index in [1.54, 1.807) is 0 Å². The number of rotatable bonds is 3. The number of carbonyl (C=O) groups is 1. The Hall–Kier alpha value is -1.05. The molecule has 0 aliphatic heterocycles. The molecular formula is C13H16BrNOSi. The summed E-state index contributed by atoms with van der Waals surface area (Å²) in [5.41, 5.74) is 0.724. The molecule has 0 heterocycles. The summed E-state index contributed by atoms with van der Waals surface area (Å²) in [5, 5.41) is 3.86. The lowest BCUT2D eigenvalue weighted by molar-refractivity contribution is 0.0959. The van der Waals surface area contributed by atoms with Gasteiger partial charge in [-0.1, -0.05) is 37.7 Å². The third-order valence-corrected chi connectivity index (χ3v) is 5.09. The second-order valence-corrected chi connectivity index (χ2v) is 10.7. The molecule has 0 aliphatic carbocycles. The molecule has 0 fully saturated rings. The molecule has 0 spiro atoms. The van der Waals surface area contributed by atoms with E-state index in [-0.39, 0.29) is 12.5 Å². The minimum atomic E-state index is -1.55. The normalized spacial score (nSPS) is 10.8. The minimum absolute atomic E-state index is 0.104. The minimum Gasteiger partial charge on any atom is -0.341 e. The van der Waals surface area contributed by atoms with Crippen molar-refractivity contribution in [2.45, 2.75) is 19.6 Å². The summed E-state index contributed by atoms with van der Waals surface area (Å²) in [4.78, 5) is 12.1. The maximum Gasteiger partial charge on any atom is 0.253 e. The lowest BCUT2D eigenvalue weighted by Crippen LogP contribution is -2.43. The molecule has 1 N–H and O–H groups in total. The van der Waals surface area contributed by atoms with Crippen molar-refractivity contribution in [1.29, 1.82) is 0 Å². The molecule has 1 aromatic rings. The second kappa shape index (κ2) is 5.52. The molecule has 0 aromatic heterocycles. The Labute approximate surface area is 112 Å². The zero-order valence-electron chi connectivity index (χ0n) is 10.3. The number of benzene rings is 1. The van der Waals surface area contributed by atoms with Gasteiger partial charge in [0.2, 0.25) is 0 Å². The van der Waals surface area contributed by atoms with Crippen LogP contribution in [0.4, 0.5) is 0 Å². The van der Waals surface area contributed by atoms with E-state index in [2.05, 4.69) is 46.8 Å². The van der Waals surface area contributed by atoms with Crippen LogP contribution in [-0.2, 0) is 0 Å². The molecule has 4 heteroatoms. The van der Waals surface area contributed by atoms with E-state index in [1.807, 2.05) is 18.2 Å². The highest BCUT2D eigenvalue weighted by molar-refractivity contribution is 9.10. The van der Waals surface area contributed by atoms with Crippen LogP contribution in [0.5, 0.6) is 0 Å². The van der Waals surface area contributed by atoms with Gasteiger partial charge >= 0.3 is 0 Å². The Morgan fingerprint density at radius 2 is 2.12 bits per heavy atom. The number of halogens is 1. The van der Waals surface area contributed by atoms with Crippen LogP contribution in [0.2, 0.25) is 19.6 Å². The smallest absolute Gasteiger partial charge is 0.253 e. The Balaban J connectivity index is 3.22. The maximum absolute atomic E-state index is 12.1. The molecule has 90 valence electrons. The summed E-state index contributed by atoms with van der Waals surface area (Å²) in [5.74, 6) is 2.31. The molecule has 0 atom stereocenters. The van der Waals surface area contributed by atoms with Crippen LogP contribution in [0.15, 0.2) is 22.7 Å². The maximum atomic E-state index is 12.1. The Bertz CT molecular complexity index is 471. The third-order valence-electron chi connectivity index (χ3n) is 2.40. The average Bonchev–Trinajstić information content (AvgIpc) is 2.24. The van der Waals surface area contributed by atoms with Gasteiger partial charge in [0, 0.05) is 4.47 Å². The van der Waals surface area contributed by atoms with E-state index in [0.717, 1.165) is 15.2 Å². The first-order valence-corrected chi connectivity index (χ1v) is 9.68. The number of terminal acetylenes is 1. The van der Waals surface area contributed by atoms with E-state index in [4.69, 9.17) is 6.42 Å². The molecule has 1 rings (SSSR count). The fourth-order valence-corrected chi connectivity index (χ4v) is 3.92. The van der Waals surface area contributed by atoms with Gasteiger partial charge in [-0.05, 0) is 27.2 Å². The lowest BCUT2D eigenvalue weighted by atomic mass is 10.2. The van der Waals surface area contributed by atoms with Crippen LogP contribution in [0.25, 0.3) is 0 Å². The van der Waals surface area contributed by atoms with Crippen molar-refractivity contribution in [3.8, 4) is 12.3 Å². The molecule has 1 aromatic carbocycles. The van der Waals surface area contributed by atoms with Crippen molar-refractivity contribution < 1.29 is 4.79 Å². The third kappa shape index (κ3) is 3.45. The Kier molecular flexibility index (Phi) is 4.55. The largest absolute Gasteiger partial charge is 0.341 e. The molecule has 0 saturated heterocycles. The molecule has 1 amide bonds. The van der Waals surface area contributed by atoms with Gasteiger partial charge in [0.05, 0.1) is 20.2 Å². The summed E-state index contributed by atoms with van der Waals surface area (Å²) >= 11 is 3.44. The van der Waals surface area contributed by atoms with Crippen molar-refractivity contribution in [2.75, 3.05) is 6.54 Å². The quantitative estimate of drug-likeness (QED) is 0.674. The van der Waals surface area contributed by atoms with Crippen LogP contribution in [0.1, 0.15) is 10.4 Å². The van der Waals surface area contributed by atoms with Crippen molar-refractivity contribution in [2.24, 2.45) is 0 Å². The predicted molar refractivity (Wildman–Crippen MR) is 78.3 cm³/mol. The fraction of sp³-hybridized carbons (Fsp3) is 0.308. The number of hydrogen-bond acceptors (Lipinski definition) is 1. The number of hydrogen-bond donors (Lipinski definition) is 1. The molecule has 0 bridgehead atoms. The second-order valence-electron chi connectivity index (χ2n) is 4.80. The van der Waals surface area contributed by atoms with Gasteiger partial charge in [-0.25, -0.2) is 0 Å². The van der Waals surface area contributed by atoms with E-state index in [1.165, 1.54) is 0 Å². The first-order valence-electron chi connectivity index (χ1n) is 5.38. The first kappa shape index (κ1) is 14.0. The van der Waals surface area contributed by atoms with Crippen molar-refractivity contribution in [3.63, 3.8) is 0 Å². The molecule has 0 saturated carbocycles. The highest BCUT2D eigenvalue weighted by Crippen LogP contribution is 2.17. The van der Waals surface area contributed by atoms with Crippen molar-refractivity contribution in [1.82, 2.24) is 5.32 Å². The van der Waals surface area contributed by atoms with Gasteiger partial charge in [0.15, 0.2) is 0 Å². The summed E-state index contributed by atoms with van der Waals surface area (Å²) < 4.78 is 0.826. The van der Waals surface area contributed by atoms with Gasteiger partial charge < -0.3 is 5.32 Å². The molecule has 2 nitrogen and oxygen atoms in total. The highest BCUT2D eigenvalue weighted by atomic mass is 79.9. The summed E-state index contributed by atoms with van der Waals surface area (Å²) in [6.45, 7) is 6.90. The first-order chi connectivity index (χ1) is 7.88. The number of amides is 1. The molecule has 0 aliphatic rings. The number of carbonyl (C=O) groups excluding carboxylic acids is 1. The lowest BCUT2D eigenvalue weighted by Gasteiger charge is -2.21. The predicted octanol–water partition coefficient (Wildman–Crippen LogP) is 2.36. The monoisotopic (exact) mass is 309 g/mol. The summed E-state index contributed by atoms with van der Waals surface area (Å²) in [7, 11) is -1.55. The van der Waals surface area contributed by atoms with Crippen molar-refractivity contribution in [3.05, 3.63) is 28.2 Å². The van der Waals surface area contributed by atoms with Gasteiger partial charge in [0.25, 0.3) is 5.91 Å². The standard InChI is InChI=1S/C13H16BrNOSi/c1-5-9-15-13(16)12-10(14)7-6-8-11(12)17(2,3)4/h1,6-8H,9H2,2-4H3,(H,15,16). The van der Waals surface area contributed by atoms with Crippen LogP contribution in [0, 0.1) is 12.3 Å². The van der Waals surface area contributed by atoms with E-state index >= 15 is 0 Å². The molecule has 0 unspecified atom stereocenters. The molecule has 17 heavy (non-hydrogen) atoms. The van der Waals surface area contributed by atoms with Gasteiger partial charge in [0.1, 0.15) is 0 Å². The van der Waals surface area contributed by atoms with Crippen LogP contribution < -0.4 is 10.5 Å². The fourth-order valence-electron chi connectivity index (χ4n) is 1.60. The van der Waals surface area contributed by atoms with Gasteiger partial charge in [-0.15, -0.1) is 6.42 Å². The van der Waals surface area contributed by atoms with Gasteiger partial charge in [-0.3, -0.25) is 4.79 Å². The molecular weight excluding hydrogens is 294 g/mol. The van der Waals surface area contributed by atoms with Crippen LogP contribution >= 0.6 is 15.9 Å². The number of nitrogens with one attached hydrogen (secondary N) is 1. The van der Waals surface area contributed by atoms with Crippen molar-refractivity contribution >= 4 is 35.1 Å². The van der Waals surface area contributed by atoms with E-state index in [9.17, 15) is 4.79 Å². The van der Waals surface area contributed by atoms with Crippen LogP contribution in [0.3, 0.4) is 0 Å². The topological polar surface area (TPSA) is 29.1 Å². The zero-order valence-corrected chi connectivity index (χ0v) is 12.9. The summed E-state index contributed by atoms with van der Waals surface area (Å²) in [6, 6.07) is 5.88. The zero-order chi connectivity index (χ0) is 13.1. The Morgan fingerprint density at radius 1 is 1.47 bits per heavy atom. The highest BCUT2D eigenvalue weighted by Gasteiger charge is 2.24.